The summed E-state index contributed by atoms with van der Waals surface area (Å²) in [6, 6.07) is 0. The largest absolute Gasteiger partial charge is 0.338 e. The van der Waals surface area contributed by atoms with Gasteiger partial charge in [-0.15, -0.1) is 11.6 Å². The zero-order valence-electron chi connectivity index (χ0n) is 22.2. The smallest absolute Gasteiger partial charge is 0.330 e. The second-order valence-corrected chi connectivity index (χ2v) is 10.4. The SMILES string of the molecule is C=CCCCCCCCCCC(C)(CCCCCCCCCCC)C(=O)ON1C(=O)CCC1=O. The number of carbonyl (C=O) groups excluding carboxylic acids is 3. The monoisotopic (exact) mass is 477 g/mol. The van der Waals surface area contributed by atoms with Crippen LogP contribution < -0.4 is 0 Å². The van der Waals surface area contributed by atoms with Gasteiger partial charge in [0, 0.05) is 12.8 Å². The first kappa shape index (κ1) is 30.4. The highest BCUT2D eigenvalue weighted by atomic mass is 16.7. The summed E-state index contributed by atoms with van der Waals surface area (Å²) in [5.74, 6) is -1.22. The highest BCUT2D eigenvalue weighted by Crippen LogP contribution is 2.34. The predicted molar refractivity (Wildman–Crippen MR) is 139 cm³/mol. The number of rotatable bonds is 22. The van der Waals surface area contributed by atoms with E-state index in [4.69, 9.17) is 4.84 Å². The van der Waals surface area contributed by atoms with Crippen molar-refractivity contribution in [2.75, 3.05) is 0 Å². The lowest BCUT2D eigenvalue weighted by atomic mass is 9.79. The minimum absolute atomic E-state index is 0.133. The van der Waals surface area contributed by atoms with E-state index in [1.807, 2.05) is 13.0 Å². The van der Waals surface area contributed by atoms with E-state index in [0.717, 1.165) is 44.9 Å². The lowest BCUT2D eigenvalue weighted by Crippen LogP contribution is -2.39. The first-order valence-corrected chi connectivity index (χ1v) is 14.1. The van der Waals surface area contributed by atoms with Crippen molar-refractivity contribution >= 4 is 17.8 Å². The number of hydrogen-bond donors (Lipinski definition) is 0. The van der Waals surface area contributed by atoms with Crippen molar-refractivity contribution in [1.29, 1.82) is 0 Å². The highest BCUT2D eigenvalue weighted by Gasteiger charge is 2.40. The van der Waals surface area contributed by atoms with Gasteiger partial charge in [0.15, 0.2) is 0 Å². The maximum absolute atomic E-state index is 13.1. The molecule has 0 bridgehead atoms. The number of imide groups is 1. The minimum Gasteiger partial charge on any atom is -0.330 e. The molecule has 196 valence electrons. The van der Waals surface area contributed by atoms with E-state index < -0.39 is 23.2 Å². The normalized spacial score (nSPS) is 15.5. The van der Waals surface area contributed by atoms with E-state index in [0.29, 0.717) is 5.06 Å². The van der Waals surface area contributed by atoms with E-state index >= 15 is 0 Å². The molecule has 0 aromatic heterocycles. The van der Waals surface area contributed by atoms with E-state index in [-0.39, 0.29) is 12.8 Å². The summed E-state index contributed by atoms with van der Waals surface area (Å²) in [6.07, 6.45) is 24.2. The van der Waals surface area contributed by atoms with Crippen molar-refractivity contribution in [2.24, 2.45) is 5.41 Å². The highest BCUT2D eigenvalue weighted by molar-refractivity contribution is 6.01. The zero-order chi connectivity index (χ0) is 25.1. The Kier molecular flexibility index (Phi) is 16.7. The minimum atomic E-state index is -0.645. The van der Waals surface area contributed by atoms with Gasteiger partial charge in [-0.1, -0.05) is 109 Å². The quantitative estimate of drug-likeness (QED) is 0.0895. The van der Waals surface area contributed by atoms with Crippen molar-refractivity contribution in [3.63, 3.8) is 0 Å². The molecule has 1 unspecified atom stereocenters. The first-order valence-electron chi connectivity index (χ1n) is 14.1. The van der Waals surface area contributed by atoms with Crippen LogP contribution in [0, 0.1) is 5.41 Å². The van der Waals surface area contributed by atoms with Gasteiger partial charge in [0.05, 0.1) is 5.41 Å². The first-order chi connectivity index (χ1) is 16.4. The summed E-state index contributed by atoms with van der Waals surface area (Å²) in [5, 5.41) is 0.708. The molecule has 0 saturated carbocycles. The fourth-order valence-electron chi connectivity index (χ4n) is 4.69. The third kappa shape index (κ3) is 12.7. The Hall–Kier alpha value is -1.65. The number of carbonyl (C=O) groups is 3. The molecular formula is C29H51NO4. The summed E-state index contributed by atoms with van der Waals surface area (Å²) < 4.78 is 0. The van der Waals surface area contributed by atoms with Crippen LogP contribution in [0.2, 0.25) is 0 Å². The molecule has 1 heterocycles. The van der Waals surface area contributed by atoms with E-state index in [9.17, 15) is 14.4 Å². The maximum atomic E-state index is 13.1. The molecule has 1 fully saturated rings. The van der Waals surface area contributed by atoms with Gasteiger partial charge < -0.3 is 4.84 Å². The lowest BCUT2D eigenvalue weighted by molar-refractivity contribution is -0.205. The molecule has 1 atom stereocenters. The summed E-state index contributed by atoms with van der Waals surface area (Å²) in [7, 11) is 0. The Morgan fingerprint density at radius 2 is 1.21 bits per heavy atom. The van der Waals surface area contributed by atoms with Crippen molar-refractivity contribution in [3.05, 3.63) is 12.7 Å². The summed E-state index contributed by atoms with van der Waals surface area (Å²) in [4.78, 5) is 42.3. The average molecular weight is 478 g/mol. The number of hydroxylamine groups is 2. The third-order valence-corrected chi connectivity index (χ3v) is 7.14. The second-order valence-electron chi connectivity index (χ2n) is 10.4. The van der Waals surface area contributed by atoms with E-state index in [1.165, 1.54) is 77.0 Å². The van der Waals surface area contributed by atoms with Gasteiger partial charge in [0.25, 0.3) is 11.8 Å². The van der Waals surface area contributed by atoms with Gasteiger partial charge in [0.2, 0.25) is 0 Å². The molecule has 5 nitrogen and oxygen atoms in total. The van der Waals surface area contributed by atoms with Crippen LogP contribution in [0.15, 0.2) is 12.7 Å². The lowest BCUT2D eigenvalue weighted by Gasteiger charge is -2.28. The van der Waals surface area contributed by atoms with Crippen molar-refractivity contribution in [3.8, 4) is 0 Å². The Morgan fingerprint density at radius 3 is 1.65 bits per heavy atom. The molecule has 1 aliphatic rings. The molecule has 0 aromatic rings. The molecule has 0 spiro atoms. The van der Waals surface area contributed by atoms with Gasteiger partial charge in [-0.3, -0.25) is 9.59 Å². The van der Waals surface area contributed by atoms with Crippen LogP contribution in [0.1, 0.15) is 149 Å². The van der Waals surface area contributed by atoms with Crippen LogP contribution in [-0.4, -0.2) is 22.8 Å². The Morgan fingerprint density at radius 1 is 0.794 bits per heavy atom. The molecule has 1 aliphatic heterocycles. The van der Waals surface area contributed by atoms with Crippen LogP contribution in [-0.2, 0) is 19.2 Å². The van der Waals surface area contributed by atoms with Crippen LogP contribution in [0.4, 0.5) is 0 Å². The third-order valence-electron chi connectivity index (χ3n) is 7.14. The number of unbranched alkanes of at least 4 members (excludes halogenated alkanes) is 15. The predicted octanol–water partition coefficient (Wildman–Crippen LogP) is 8.22. The molecule has 2 amide bonds. The van der Waals surface area contributed by atoms with E-state index in [1.54, 1.807) is 0 Å². The summed E-state index contributed by atoms with van der Waals surface area (Å²) >= 11 is 0. The number of amides is 2. The molecule has 5 heteroatoms. The topological polar surface area (TPSA) is 63.7 Å². The Balaban J connectivity index is 2.42. The van der Waals surface area contributed by atoms with Crippen LogP contribution in [0.3, 0.4) is 0 Å². The zero-order valence-corrected chi connectivity index (χ0v) is 22.2. The van der Waals surface area contributed by atoms with Crippen LogP contribution in [0.5, 0.6) is 0 Å². The number of nitrogens with zero attached hydrogens (tertiary/aromatic N) is 1. The Bertz CT molecular complexity index is 587. The van der Waals surface area contributed by atoms with Crippen molar-refractivity contribution in [2.45, 2.75) is 149 Å². The van der Waals surface area contributed by atoms with Crippen LogP contribution >= 0.6 is 0 Å². The molecule has 1 saturated heterocycles. The van der Waals surface area contributed by atoms with Gasteiger partial charge in [-0.25, -0.2) is 4.79 Å². The standard InChI is InChI=1S/C29H51NO4/c1-4-6-8-10-12-14-16-18-20-24-29(3,25-21-19-17-15-13-11-9-7-5-2)28(33)34-30-26(31)22-23-27(30)32/h4H,1,5-25H2,2-3H3. The molecule has 0 aliphatic carbocycles. The molecule has 0 N–H and O–H groups in total. The molecule has 0 radical (unpaired) electrons. The molecule has 1 rings (SSSR count). The fraction of sp³-hybridized carbons (Fsp3) is 0.828. The molecular weight excluding hydrogens is 426 g/mol. The van der Waals surface area contributed by atoms with Gasteiger partial charge in [-0.05, 0) is 32.6 Å². The molecule has 34 heavy (non-hydrogen) atoms. The van der Waals surface area contributed by atoms with Crippen LogP contribution in [0.25, 0.3) is 0 Å². The van der Waals surface area contributed by atoms with Gasteiger partial charge in [-0.2, -0.15) is 0 Å². The second kappa shape index (κ2) is 18.6. The Labute approximate surface area is 209 Å². The van der Waals surface area contributed by atoms with Crippen molar-refractivity contribution in [1.82, 2.24) is 5.06 Å². The van der Waals surface area contributed by atoms with Gasteiger partial charge >= 0.3 is 5.97 Å². The summed E-state index contributed by atoms with van der Waals surface area (Å²) in [6.45, 7) is 7.97. The van der Waals surface area contributed by atoms with Gasteiger partial charge in [0.1, 0.15) is 0 Å². The van der Waals surface area contributed by atoms with E-state index in [2.05, 4.69) is 13.5 Å². The maximum Gasteiger partial charge on any atom is 0.338 e. The average Bonchev–Trinajstić information content (AvgIpc) is 3.14. The number of hydrogen-bond acceptors (Lipinski definition) is 4. The van der Waals surface area contributed by atoms with Crippen molar-refractivity contribution < 1.29 is 19.2 Å². The fourth-order valence-corrected chi connectivity index (χ4v) is 4.69. The summed E-state index contributed by atoms with van der Waals surface area (Å²) in [5.41, 5.74) is -0.645. The molecule has 0 aromatic carbocycles. The number of allylic oxidation sites excluding steroid dienone is 1.